The number of furan rings is 1. The third-order valence-electron chi connectivity index (χ3n) is 5.25. The number of ketones is 1. The number of carbonyl (C=O) groups is 1. The zero-order chi connectivity index (χ0) is 20.4. The SMILES string of the molecule is Cc1cc(C(=O)CN(C)Cc2ccco2)c(C)n1CC1COc2ccccc2O1. The molecule has 3 heterocycles. The molecule has 3 aromatic rings. The highest BCUT2D eigenvalue weighted by Gasteiger charge is 2.24. The average Bonchev–Trinajstić information content (AvgIpc) is 3.31. The van der Waals surface area contributed by atoms with Crippen LogP contribution in [0.2, 0.25) is 0 Å². The Bertz CT molecular complexity index is 990. The lowest BCUT2D eigenvalue weighted by Crippen LogP contribution is -2.33. The van der Waals surface area contributed by atoms with E-state index in [0.29, 0.717) is 26.2 Å². The second-order valence-electron chi connectivity index (χ2n) is 7.57. The van der Waals surface area contributed by atoms with Crippen molar-refractivity contribution in [2.24, 2.45) is 0 Å². The first kappa shape index (κ1) is 19.3. The van der Waals surface area contributed by atoms with Crippen molar-refractivity contribution in [3.63, 3.8) is 0 Å². The second-order valence-corrected chi connectivity index (χ2v) is 7.57. The summed E-state index contributed by atoms with van der Waals surface area (Å²) in [6.07, 6.45) is 1.55. The highest BCUT2D eigenvalue weighted by atomic mass is 16.6. The molecule has 4 rings (SSSR count). The smallest absolute Gasteiger partial charge is 0.178 e. The van der Waals surface area contributed by atoms with E-state index in [4.69, 9.17) is 13.9 Å². The zero-order valence-corrected chi connectivity index (χ0v) is 17.1. The van der Waals surface area contributed by atoms with E-state index in [1.165, 1.54) is 0 Å². The van der Waals surface area contributed by atoms with E-state index in [9.17, 15) is 4.79 Å². The summed E-state index contributed by atoms with van der Waals surface area (Å²) in [6, 6.07) is 13.4. The maximum absolute atomic E-state index is 12.9. The van der Waals surface area contributed by atoms with E-state index < -0.39 is 0 Å². The van der Waals surface area contributed by atoms with Gasteiger partial charge in [-0.15, -0.1) is 0 Å². The fourth-order valence-corrected chi connectivity index (χ4v) is 3.78. The van der Waals surface area contributed by atoms with Crippen molar-refractivity contribution in [2.75, 3.05) is 20.2 Å². The van der Waals surface area contributed by atoms with E-state index in [0.717, 1.165) is 34.2 Å². The van der Waals surface area contributed by atoms with Crippen molar-refractivity contribution >= 4 is 5.78 Å². The monoisotopic (exact) mass is 394 g/mol. The number of hydrogen-bond donors (Lipinski definition) is 0. The summed E-state index contributed by atoms with van der Waals surface area (Å²) in [5.41, 5.74) is 2.76. The van der Waals surface area contributed by atoms with Crippen LogP contribution in [0.15, 0.2) is 53.1 Å². The topological polar surface area (TPSA) is 56.8 Å². The minimum absolute atomic E-state index is 0.0979. The van der Waals surface area contributed by atoms with Crippen LogP contribution in [-0.2, 0) is 13.1 Å². The van der Waals surface area contributed by atoms with Crippen molar-refractivity contribution in [1.82, 2.24) is 9.47 Å². The van der Waals surface area contributed by atoms with Crippen LogP contribution < -0.4 is 9.47 Å². The van der Waals surface area contributed by atoms with Crippen LogP contribution in [-0.4, -0.2) is 41.6 Å². The highest BCUT2D eigenvalue weighted by molar-refractivity contribution is 5.99. The molecule has 0 aliphatic carbocycles. The van der Waals surface area contributed by atoms with Crippen LogP contribution in [0.1, 0.15) is 27.5 Å². The summed E-state index contributed by atoms with van der Waals surface area (Å²) in [4.78, 5) is 14.8. The van der Waals surface area contributed by atoms with Crippen molar-refractivity contribution in [1.29, 1.82) is 0 Å². The molecule has 0 saturated heterocycles. The Morgan fingerprint density at radius 2 is 1.97 bits per heavy atom. The molecule has 0 spiro atoms. The summed E-state index contributed by atoms with van der Waals surface area (Å²) in [7, 11) is 1.92. The molecule has 0 radical (unpaired) electrons. The van der Waals surface area contributed by atoms with Gasteiger partial charge in [-0.25, -0.2) is 0 Å². The van der Waals surface area contributed by atoms with Crippen molar-refractivity contribution in [3.8, 4) is 11.5 Å². The predicted octanol–water partition coefficient (Wildman–Crippen LogP) is 3.85. The Kier molecular flexibility index (Phi) is 5.45. The van der Waals surface area contributed by atoms with Gasteiger partial charge in [-0.05, 0) is 51.2 Å². The Labute approximate surface area is 170 Å². The average molecular weight is 394 g/mol. The lowest BCUT2D eigenvalue weighted by molar-refractivity contribution is 0.0777. The molecule has 1 aliphatic rings. The van der Waals surface area contributed by atoms with Gasteiger partial charge in [-0.3, -0.25) is 9.69 Å². The molecule has 0 N–H and O–H groups in total. The maximum Gasteiger partial charge on any atom is 0.178 e. The van der Waals surface area contributed by atoms with E-state index in [1.807, 2.05) is 68.3 Å². The molecule has 1 aromatic carbocycles. The van der Waals surface area contributed by atoms with Gasteiger partial charge in [0.1, 0.15) is 12.4 Å². The summed E-state index contributed by atoms with van der Waals surface area (Å²) in [6.45, 7) is 6.08. The molecule has 0 amide bonds. The van der Waals surface area contributed by atoms with E-state index in [2.05, 4.69) is 4.57 Å². The molecular formula is C23H26N2O4. The first-order valence-electron chi connectivity index (χ1n) is 9.80. The van der Waals surface area contributed by atoms with Gasteiger partial charge in [0.25, 0.3) is 0 Å². The van der Waals surface area contributed by atoms with Crippen LogP contribution in [0.4, 0.5) is 0 Å². The molecule has 2 aromatic heterocycles. The maximum atomic E-state index is 12.9. The van der Waals surface area contributed by atoms with Gasteiger partial charge in [0.2, 0.25) is 0 Å². The molecular weight excluding hydrogens is 368 g/mol. The van der Waals surface area contributed by atoms with Gasteiger partial charge in [0.15, 0.2) is 23.4 Å². The van der Waals surface area contributed by atoms with Gasteiger partial charge < -0.3 is 18.5 Å². The third-order valence-corrected chi connectivity index (χ3v) is 5.25. The van der Waals surface area contributed by atoms with Gasteiger partial charge in [0.05, 0.1) is 25.9 Å². The van der Waals surface area contributed by atoms with Gasteiger partial charge in [-0.2, -0.15) is 0 Å². The van der Waals surface area contributed by atoms with Crippen LogP contribution in [0.25, 0.3) is 0 Å². The number of rotatable bonds is 7. The number of benzene rings is 1. The van der Waals surface area contributed by atoms with Gasteiger partial charge >= 0.3 is 0 Å². The fraction of sp³-hybridized carbons (Fsp3) is 0.348. The first-order chi connectivity index (χ1) is 14.0. The van der Waals surface area contributed by atoms with E-state index in [-0.39, 0.29) is 11.9 Å². The molecule has 6 nitrogen and oxygen atoms in total. The second kappa shape index (κ2) is 8.17. The number of Topliss-reactive ketones (excluding diaryl/α,β-unsaturated/α-hetero) is 1. The number of hydrogen-bond acceptors (Lipinski definition) is 5. The van der Waals surface area contributed by atoms with Crippen LogP contribution in [0.5, 0.6) is 11.5 Å². The number of aromatic nitrogens is 1. The zero-order valence-electron chi connectivity index (χ0n) is 17.1. The van der Waals surface area contributed by atoms with E-state index in [1.54, 1.807) is 6.26 Å². The van der Waals surface area contributed by atoms with Gasteiger partial charge in [-0.1, -0.05) is 12.1 Å². The number of nitrogens with zero attached hydrogens (tertiary/aromatic N) is 2. The molecule has 0 saturated carbocycles. The predicted molar refractivity (Wildman–Crippen MR) is 110 cm³/mol. The highest BCUT2D eigenvalue weighted by Crippen LogP contribution is 2.31. The fourth-order valence-electron chi connectivity index (χ4n) is 3.78. The molecule has 1 unspecified atom stereocenters. The summed E-state index contributed by atoms with van der Waals surface area (Å²) in [5, 5.41) is 0. The lowest BCUT2D eigenvalue weighted by Gasteiger charge is -2.27. The van der Waals surface area contributed by atoms with Crippen molar-refractivity contribution < 1.29 is 18.7 Å². The summed E-state index contributed by atoms with van der Waals surface area (Å²) in [5.74, 6) is 2.49. The van der Waals surface area contributed by atoms with Crippen molar-refractivity contribution in [2.45, 2.75) is 33.0 Å². The number of carbonyl (C=O) groups excluding carboxylic acids is 1. The Balaban J connectivity index is 1.43. The molecule has 29 heavy (non-hydrogen) atoms. The minimum Gasteiger partial charge on any atom is -0.486 e. The Morgan fingerprint density at radius 1 is 1.17 bits per heavy atom. The normalized spacial score (nSPS) is 15.7. The van der Waals surface area contributed by atoms with Crippen molar-refractivity contribution in [3.05, 3.63) is 71.4 Å². The number of likely N-dealkylation sites (N-methyl/N-ethyl adjacent to an activating group) is 1. The third kappa shape index (κ3) is 4.22. The minimum atomic E-state index is -0.0979. The molecule has 0 fully saturated rings. The molecule has 1 aliphatic heterocycles. The number of aryl methyl sites for hydroxylation is 1. The van der Waals surface area contributed by atoms with Crippen LogP contribution in [0, 0.1) is 13.8 Å². The summed E-state index contributed by atoms with van der Waals surface area (Å²) >= 11 is 0. The Hall–Kier alpha value is -2.99. The van der Waals surface area contributed by atoms with Crippen LogP contribution >= 0.6 is 0 Å². The molecule has 152 valence electrons. The molecule has 0 bridgehead atoms. The number of fused-ring (bicyclic) bond motifs is 1. The quantitative estimate of drug-likeness (QED) is 0.570. The number of para-hydroxylation sites is 2. The largest absolute Gasteiger partial charge is 0.486 e. The van der Waals surface area contributed by atoms with E-state index >= 15 is 0 Å². The lowest BCUT2D eigenvalue weighted by atomic mass is 10.1. The van der Waals surface area contributed by atoms with Gasteiger partial charge in [0, 0.05) is 17.0 Å². The molecule has 1 atom stereocenters. The number of ether oxygens (including phenoxy) is 2. The first-order valence-corrected chi connectivity index (χ1v) is 9.80. The molecule has 6 heteroatoms. The standard InChI is InChI=1S/C23H26N2O4/c1-16-11-20(21(26)14-24(3)12-18-7-6-10-27-18)17(2)25(16)13-19-15-28-22-8-4-5-9-23(22)29-19/h4-11,19H,12-15H2,1-3H3. The summed E-state index contributed by atoms with van der Waals surface area (Å²) < 4.78 is 19.4. The Morgan fingerprint density at radius 3 is 2.72 bits per heavy atom. The van der Waals surface area contributed by atoms with Crippen LogP contribution in [0.3, 0.4) is 0 Å².